The largest absolute Gasteiger partial charge is 0.292 e. The minimum atomic E-state index is -0.235. The molecule has 0 bridgehead atoms. The van der Waals surface area contributed by atoms with Crippen molar-refractivity contribution >= 4 is 17.1 Å². The Balaban J connectivity index is 2.71. The number of ketones is 1. The molecule has 0 N–H and O–H groups in total. The number of Topliss-reactive ketones (excluding diaryl/α,β-unsaturated/α-hetero) is 1. The zero-order valence-corrected chi connectivity index (χ0v) is 9.44. The van der Waals surface area contributed by atoms with Gasteiger partial charge in [0.15, 0.2) is 5.69 Å². The minimum Gasteiger partial charge on any atom is -0.292 e. The lowest BCUT2D eigenvalue weighted by molar-refractivity contribution is -0.685. The number of rotatable bonds is 2. The Hall–Kier alpha value is -0.700. The molecule has 0 spiro atoms. The molecular formula is C10H16NOS+. The second kappa shape index (κ2) is 3.58. The first-order valence-electron chi connectivity index (χ1n) is 4.37. The van der Waals surface area contributed by atoms with Crippen molar-refractivity contribution in [2.45, 2.75) is 34.2 Å². The van der Waals surface area contributed by atoms with E-state index in [2.05, 4.69) is 5.38 Å². The highest BCUT2D eigenvalue weighted by Crippen LogP contribution is 2.14. The van der Waals surface area contributed by atoms with Crippen molar-refractivity contribution in [2.75, 3.05) is 0 Å². The van der Waals surface area contributed by atoms with Gasteiger partial charge in [-0.2, -0.15) is 4.57 Å². The molecule has 0 saturated heterocycles. The number of nitrogens with zero attached hydrogens (tertiary/aromatic N) is 1. The maximum atomic E-state index is 11.7. The topological polar surface area (TPSA) is 20.9 Å². The second-order valence-electron chi connectivity index (χ2n) is 4.30. The minimum absolute atomic E-state index is 0.235. The smallest absolute Gasteiger partial charge is 0.225 e. The Labute approximate surface area is 83.2 Å². The lowest BCUT2D eigenvalue weighted by Gasteiger charge is -2.13. The summed E-state index contributed by atoms with van der Waals surface area (Å²) < 4.78 is 2.00. The van der Waals surface area contributed by atoms with Gasteiger partial charge in [0.25, 0.3) is 0 Å². The Morgan fingerprint density at radius 3 is 2.54 bits per heavy atom. The summed E-state index contributed by atoms with van der Waals surface area (Å²) in [6.07, 6.45) is 0. The van der Waals surface area contributed by atoms with Crippen LogP contribution in [0.2, 0.25) is 0 Å². The predicted molar refractivity (Wildman–Crippen MR) is 53.7 cm³/mol. The molecule has 72 valence electrons. The zero-order chi connectivity index (χ0) is 10.1. The molecule has 13 heavy (non-hydrogen) atoms. The fourth-order valence-electron chi connectivity index (χ4n) is 0.907. The third kappa shape index (κ3) is 2.62. The quantitative estimate of drug-likeness (QED) is 0.665. The summed E-state index contributed by atoms with van der Waals surface area (Å²) in [4.78, 5) is 11.7. The van der Waals surface area contributed by atoms with Gasteiger partial charge >= 0.3 is 0 Å². The molecule has 1 aromatic rings. The third-order valence-corrected chi connectivity index (χ3v) is 2.88. The monoisotopic (exact) mass is 198 g/mol. The Kier molecular flexibility index (Phi) is 2.86. The maximum Gasteiger partial charge on any atom is 0.225 e. The van der Waals surface area contributed by atoms with Crippen LogP contribution in [0.5, 0.6) is 0 Å². The number of hydrogen-bond donors (Lipinski definition) is 0. The van der Waals surface area contributed by atoms with Gasteiger partial charge in [-0.05, 0) is 0 Å². The van der Waals surface area contributed by atoms with Crippen molar-refractivity contribution < 1.29 is 9.36 Å². The van der Waals surface area contributed by atoms with Crippen molar-refractivity contribution in [2.24, 2.45) is 5.41 Å². The molecule has 0 radical (unpaired) electrons. The van der Waals surface area contributed by atoms with Gasteiger partial charge in [-0.1, -0.05) is 32.1 Å². The van der Waals surface area contributed by atoms with E-state index in [4.69, 9.17) is 0 Å². The third-order valence-electron chi connectivity index (χ3n) is 2.03. The fourth-order valence-corrected chi connectivity index (χ4v) is 1.69. The van der Waals surface area contributed by atoms with Crippen molar-refractivity contribution in [1.29, 1.82) is 0 Å². The summed E-state index contributed by atoms with van der Waals surface area (Å²) in [6.45, 7) is 8.39. The summed E-state index contributed by atoms with van der Waals surface area (Å²) in [5.74, 6) is 0.277. The average Bonchev–Trinajstić information content (AvgIpc) is 2.34. The van der Waals surface area contributed by atoms with E-state index in [0.717, 1.165) is 5.69 Å². The number of aromatic nitrogens is 1. The van der Waals surface area contributed by atoms with E-state index in [1.54, 1.807) is 11.3 Å². The van der Waals surface area contributed by atoms with Crippen LogP contribution in [0.25, 0.3) is 0 Å². The highest BCUT2D eigenvalue weighted by atomic mass is 32.1. The van der Waals surface area contributed by atoms with Crippen molar-refractivity contribution in [3.8, 4) is 0 Å². The van der Waals surface area contributed by atoms with E-state index in [9.17, 15) is 4.79 Å². The van der Waals surface area contributed by atoms with Crippen LogP contribution in [0.1, 0.15) is 26.5 Å². The van der Waals surface area contributed by atoms with E-state index < -0.39 is 0 Å². The summed E-state index contributed by atoms with van der Waals surface area (Å²) in [5.41, 5.74) is 2.91. The molecule has 0 aliphatic carbocycles. The van der Waals surface area contributed by atoms with Crippen LogP contribution in [-0.4, -0.2) is 5.78 Å². The number of aryl methyl sites for hydroxylation is 1. The van der Waals surface area contributed by atoms with E-state index in [0.29, 0.717) is 6.54 Å². The standard InChI is InChI=1S/C10H16NOS/c1-8-6-13-7-11(8)5-9(12)10(2,3)4/h6-7H,5H2,1-4H3/q+1. The summed E-state index contributed by atoms with van der Waals surface area (Å²) >= 11 is 1.63. The zero-order valence-electron chi connectivity index (χ0n) is 8.63. The SMILES string of the molecule is Cc1csc[n+]1CC(=O)C(C)(C)C. The number of hydrogen-bond acceptors (Lipinski definition) is 2. The van der Waals surface area contributed by atoms with E-state index >= 15 is 0 Å². The summed E-state index contributed by atoms with van der Waals surface area (Å²) in [5, 5.41) is 2.05. The molecule has 0 unspecified atom stereocenters. The van der Waals surface area contributed by atoms with Gasteiger partial charge in [0, 0.05) is 12.3 Å². The van der Waals surface area contributed by atoms with Crippen LogP contribution in [0.4, 0.5) is 0 Å². The van der Waals surface area contributed by atoms with Crippen LogP contribution < -0.4 is 4.57 Å². The van der Waals surface area contributed by atoms with Gasteiger partial charge in [0.2, 0.25) is 17.8 Å². The van der Waals surface area contributed by atoms with Crippen LogP contribution in [-0.2, 0) is 11.3 Å². The average molecular weight is 198 g/mol. The Bertz CT molecular complexity index is 309. The maximum absolute atomic E-state index is 11.7. The molecule has 1 heterocycles. The lowest BCUT2D eigenvalue weighted by atomic mass is 9.91. The molecule has 0 fully saturated rings. The first-order valence-corrected chi connectivity index (χ1v) is 5.31. The second-order valence-corrected chi connectivity index (χ2v) is 5.02. The molecule has 1 rings (SSSR count). The molecule has 0 aliphatic heterocycles. The molecule has 0 aromatic carbocycles. The van der Waals surface area contributed by atoms with Gasteiger partial charge in [-0.15, -0.1) is 0 Å². The number of carbonyl (C=O) groups is 1. The molecule has 0 amide bonds. The molecule has 1 aromatic heterocycles. The Morgan fingerprint density at radius 1 is 1.54 bits per heavy atom. The first kappa shape index (κ1) is 10.4. The molecule has 2 nitrogen and oxygen atoms in total. The van der Waals surface area contributed by atoms with Crippen molar-refractivity contribution in [1.82, 2.24) is 0 Å². The highest BCUT2D eigenvalue weighted by Gasteiger charge is 2.25. The van der Waals surface area contributed by atoms with Crippen LogP contribution in [0.3, 0.4) is 0 Å². The van der Waals surface area contributed by atoms with E-state index in [-0.39, 0.29) is 11.2 Å². The van der Waals surface area contributed by atoms with Gasteiger partial charge in [-0.25, -0.2) is 0 Å². The van der Waals surface area contributed by atoms with Crippen LogP contribution >= 0.6 is 11.3 Å². The molecule has 0 aliphatic rings. The van der Waals surface area contributed by atoms with E-state index in [1.807, 2.05) is 37.8 Å². The fraction of sp³-hybridized carbons (Fsp3) is 0.600. The first-order chi connectivity index (χ1) is 5.91. The predicted octanol–water partition coefficient (Wildman–Crippen LogP) is 1.96. The molecular weight excluding hydrogens is 182 g/mol. The lowest BCUT2D eigenvalue weighted by Crippen LogP contribution is -2.42. The number of carbonyl (C=O) groups excluding carboxylic acids is 1. The van der Waals surface area contributed by atoms with Crippen LogP contribution in [0.15, 0.2) is 10.9 Å². The summed E-state index contributed by atoms with van der Waals surface area (Å²) in [6, 6.07) is 0. The highest BCUT2D eigenvalue weighted by molar-refractivity contribution is 7.07. The Morgan fingerprint density at radius 2 is 2.15 bits per heavy atom. The van der Waals surface area contributed by atoms with Crippen LogP contribution in [0, 0.1) is 12.3 Å². The van der Waals surface area contributed by atoms with Crippen molar-refractivity contribution in [3.63, 3.8) is 0 Å². The van der Waals surface area contributed by atoms with Gasteiger partial charge in [0.05, 0.1) is 5.38 Å². The van der Waals surface area contributed by atoms with Gasteiger partial charge < -0.3 is 0 Å². The molecule has 0 atom stereocenters. The van der Waals surface area contributed by atoms with Gasteiger partial charge in [0.1, 0.15) is 0 Å². The molecule has 3 heteroatoms. The normalized spacial score (nSPS) is 11.7. The van der Waals surface area contributed by atoms with E-state index in [1.165, 1.54) is 0 Å². The summed E-state index contributed by atoms with van der Waals surface area (Å²) in [7, 11) is 0. The van der Waals surface area contributed by atoms with Gasteiger partial charge in [-0.3, -0.25) is 4.79 Å². The number of thiazole rings is 1. The van der Waals surface area contributed by atoms with Crippen molar-refractivity contribution in [3.05, 3.63) is 16.6 Å². The molecule has 0 saturated carbocycles.